The molecule has 0 aromatic carbocycles. The van der Waals surface area contributed by atoms with Crippen LogP contribution in [0.15, 0.2) is 0 Å². The van der Waals surface area contributed by atoms with E-state index in [0.29, 0.717) is 0 Å². The third-order valence-corrected chi connectivity index (χ3v) is 1.25. The van der Waals surface area contributed by atoms with Crippen LogP contribution in [0.2, 0.25) is 0 Å². The summed E-state index contributed by atoms with van der Waals surface area (Å²) >= 11 is 0. The van der Waals surface area contributed by atoms with Gasteiger partial charge in [-0.1, -0.05) is 13.8 Å². The minimum absolute atomic E-state index is 0.0467. The molecule has 64 valence electrons. The zero-order valence-corrected chi connectivity index (χ0v) is 6.66. The lowest BCUT2D eigenvalue weighted by atomic mass is 10.1. The molecule has 0 aromatic rings. The zero-order valence-electron chi connectivity index (χ0n) is 6.66. The fraction of sp³-hybridized carbons (Fsp3) is 0.667. The van der Waals surface area contributed by atoms with E-state index < -0.39 is 12.0 Å². The topological polar surface area (TPSA) is 103 Å². The molecule has 0 spiro atoms. The highest BCUT2D eigenvalue weighted by Crippen LogP contribution is 1.94. The number of hydrogen-bond donors (Lipinski definition) is 4. The van der Waals surface area contributed by atoms with Gasteiger partial charge >= 0.3 is 11.9 Å². The summed E-state index contributed by atoms with van der Waals surface area (Å²) in [6, 6.07) is -0.708. The van der Waals surface area contributed by atoms with E-state index in [9.17, 15) is 4.79 Å². The van der Waals surface area contributed by atoms with Crippen LogP contribution < -0.4 is 16.5 Å². The maximum atomic E-state index is 10.5. The van der Waals surface area contributed by atoms with Gasteiger partial charge in [0.05, 0.1) is 0 Å². The predicted octanol–water partition coefficient (Wildman–Crippen LogP) is -2.55. The van der Waals surface area contributed by atoms with Crippen LogP contribution in [0.3, 0.4) is 0 Å². The van der Waals surface area contributed by atoms with Crippen molar-refractivity contribution in [3.63, 3.8) is 0 Å². The molecule has 0 saturated heterocycles. The third-order valence-electron chi connectivity index (χ3n) is 1.25. The minimum atomic E-state index is -0.951. The summed E-state index contributed by atoms with van der Waals surface area (Å²) in [7, 11) is 0. The summed E-state index contributed by atoms with van der Waals surface area (Å²) < 4.78 is 0. The number of nitrogens with two attached hydrogens (primary N) is 2. The summed E-state index contributed by atoms with van der Waals surface area (Å²) in [5.41, 5.74) is 10.2. The van der Waals surface area contributed by atoms with Crippen molar-refractivity contribution in [1.82, 2.24) is 0 Å². The predicted molar refractivity (Wildman–Crippen MR) is 40.6 cm³/mol. The number of carbonyl (C=O) groups is 1. The van der Waals surface area contributed by atoms with Gasteiger partial charge in [0, 0.05) is 0 Å². The second kappa shape index (κ2) is 3.80. The Morgan fingerprint density at radius 3 is 2.00 bits per heavy atom. The van der Waals surface area contributed by atoms with E-state index >= 15 is 0 Å². The molecule has 0 amide bonds. The Kier molecular flexibility index (Phi) is 3.36. The van der Waals surface area contributed by atoms with Gasteiger partial charge < -0.3 is 5.11 Å². The molecule has 0 rings (SSSR count). The normalized spacial score (nSPS) is 12.6. The summed E-state index contributed by atoms with van der Waals surface area (Å²) in [5.74, 6) is -1.06. The van der Waals surface area contributed by atoms with Crippen molar-refractivity contribution in [1.29, 1.82) is 0 Å². The minimum Gasteiger partial charge on any atom is -0.479 e. The van der Waals surface area contributed by atoms with Gasteiger partial charge in [-0.3, -0.25) is 16.5 Å². The van der Waals surface area contributed by atoms with Crippen LogP contribution in [0.1, 0.15) is 13.8 Å². The van der Waals surface area contributed by atoms with Crippen molar-refractivity contribution in [3.8, 4) is 0 Å². The third kappa shape index (κ3) is 3.44. The lowest BCUT2D eigenvalue weighted by Crippen LogP contribution is -2.87. The second-order valence-corrected chi connectivity index (χ2v) is 2.66. The molecule has 0 aliphatic heterocycles. The Balaban J connectivity index is 4.36. The van der Waals surface area contributed by atoms with Crippen molar-refractivity contribution in [2.45, 2.75) is 19.9 Å². The van der Waals surface area contributed by atoms with Crippen LogP contribution in [0, 0.1) is 5.92 Å². The first-order valence-electron chi connectivity index (χ1n) is 3.32. The molecule has 5 nitrogen and oxygen atoms in total. The van der Waals surface area contributed by atoms with Crippen LogP contribution >= 0.6 is 0 Å². The van der Waals surface area contributed by atoms with Gasteiger partial charge in [0.2, 0.25) is 0 Å². The number of rotatable bonds is 3. The highest BCUT2D eigenvalue weighted by molar-refractivity contribution is 5.74. The smallest absolute Gasteiger partial charge is 0.341 e. The zero-order chi connectivity index (χ0) is 9.02. The fourth-order valence-electron chi connectivity index (χ4n) is 0.693. The molecular formula is C6H14N3O2+. The average Bonchev–Trinajstić information content (AvgIpc) is 1.81. The van der Waals surface area contributed by atoms with Crippen molar-refractivity contribution in [2.24, 2.45) is 17.4 Å². The average molecular weight is 160 g/mol. The van der Waals surface area contributed by atoms with Gasteiger partial charge in [0.25, 0.3) is 0 Å². The molecule has 11 heavy (non-hydrogen) atoms. The fourth-order valence-corrected chi connectivity index (χ4v) is 0.693. The summed E-state index contributed by atoms with van der Waals surface area (Å²) in [6.45, 7) is 3.55. The molecule has 0 aliphatic rings. The molecule has 0 aliphatic carbocycles. The Morgan fingerprint density at radius 2 is 1.91 bits per heavy atom. The highest BCUT2D eigenvalue weighted by atomic mass is 16.4. The van der Waals surface area contributed by atoms with Gasteiger partial charge in [-0.15, -0.1) is 0 Å². The van der Waals surface area contributed by atoms with Gasteiger partial charge in [-0.05, 0) is 5.92 Å². The quantitative estimate of drug-likeness (QED) is 0.269. The van der Waals surface area contributed by atoms with Crippen molar-refractivity contribution in [3.05, 3.63) is 0 Å². The molecule has 0 heterocycles. The number of nitrogens with one attached hydrogen (secondary N) is 1. The molecular weight excluding hydrogens is 146 g/mol. The molecule has 0 radical (unpaired) electrons. The summed E-state index contributed by atoms with van der Waals surface area (Å²) in [6.07, 6.45) is 0. The monoisotopic (exact) mass is 160 g/mol. The van der Waals surface area contributed by atoms with E-state index in [2.05, 4.69) is 4.99 Å². The van der Waals surface area contributed by atoms with Crippen molar-refractivity contribution in [2.75, 3.05) is 0 Å². The molecule has 0 fully saturated rings. The van der Waals surface area contributed by atoms with E-state index in [0.717, 1.165) is 0 Å². The number of carboxylic acid groups (broad SMARTS) is 1. The van der Waals surface area contributed by atoms with Crippen LogP contribution in [0.5, 0.6) is 0 Å². The highest BCUT2D eigenvalue weighted by Gasteiger charge is 2.21. The largest absolute Gasteiger partial charge is 0.479 e. The summed E-state index contributed by atoms with van der Waals surface area (Å²) in [5, 5.41) is 8.61. The van der Waals surface area contributed by atoms with Crippen LogP contribution in [0.25, 0.3) is 0 Å². The molecule has 5 heteroatoms. The molecule has 0 bridgehead atoms. The summed E-state index contributed by atoms with van der Waals surface area (Å²) in [4.78, 5) is 12.9. The first kappa shape index (κ1) is 9.74. The first-order valence-corrected chi connectivity index (χ1v) is 3.32. The Labute approximate surface area is 65.1 Å². The maximum Gasteiger partial charge on any atom is 0.341 e. The number of aliphatic carboxylic acids is 1. The SMILES string of the molecule is CC(C)[C@H]([NH+]=C(N)N)C(=O)O. The van der Waals surface area contributed by atoms with Crippen molar-refractivity contribution >= 4 is 11.9 Å². The Morgan fingerprint density at radius 1 is 1.45 bits per heavy atom. The van der Waals surface area contributed by atoms with E-state index in [1.54, 1.807) is 13.8 Å². The van der Waals surface area contributed by atoms with Crippen LogP contribution in [-0.4, -0.2) is 23.1 Å². The number of hydrogen-bond acceptors (Lipinski definition) is 1. The number of carboxylic acids is 1. The molecule has 0 saturated carbocycles. The first-order chi connectivity index (χ1) is 4.95. The van der Waals surface area contributed by atoms with Crippen LogP contribution in [-0.2, 0) is 4.79 Å². The van der Waals surface area contributed by atoms with Gasteiger partial charge in [-0.2, -0.15) is 0 Å². The second-order valence-electron chi connectivity index (χ2n) is 2.66. The van der Waals surface area contributed by atoms with Crippen molar-refractivity contribution < 1.29 is 14.9 Å². The standard InChI is InChI=1S/C6H13N3O2/c1-3(2)4(5(10)11)9-6(7)8/h3-4H,1-2H3,(H,10,11)(H4,7,8,9)/p+1/t4-/m0/s1. The van der Waals surface area contributed by atoms with Gasteiger partial charge in [0.15, 0.2) is 6.04 Å². The van der Waals surface area contributed by atoms with Crippen LogP contribution in [0.4, 0.5) is 0 Å². The van der Waals surface area contributed by atoms with E-state index in [1.807, 2.05) is 0 Å². The molecule has 6 N–H and O–H groups in total. The lowest BCUT2D eigenvalue weighted by molar-refractivity contribution is -0.500. The maximum absolute atomic E-state index is 10.5. The van der Waals surface area contributed by atoms with E-state index in [-0.39, 0.29) is 11.9 Å². The number of guanidine groups is 1. The Bertz CT molecular complexity index is 173. The van der Waals surface area contributed by atoms with Gasteiger partial charge in [-0.25, -0.2) is 4.79 Å². The molecule has 1 atom stereocenters. The van der Waals surface area contributed by atoms with Gasteiger partial charge in [0.1, 0.15) is 0 Å². The lowest BCUT2D eigenvalue weighted by Gasteiger charge is -2.08. The Hall–Kier alpha value is -1.26. The van der Waals surface area contributed by atoms with E-state index in [1.165, 1.54) is 0 Å². The molecule has 0 unspecified atom stereocenters. The molecule has 0 aromatic heterocycles. The van der Waals surface area contributed by atoms with E-state index in [4.69, 9.17) is 16.6 Å².